The van der Waals surface area contributed by atoms with Crippen molar-refractivity contribution < 1.29 is 28.6 Å². The summed E-state index contributed by atoms with van der Waals surface area (Å²) < 4.78 is 16.6. The molecule has 2 bridgehead atoms. The maximum atomic E-state index is 13.0. The van der Waals surface area contributed by atoms with Crippen molar-refractivity contribution in [3.8, 4) is 0 Å². The van der Waals surface area contributed by atoms with Gasteiger partial charge in [0.15, 0.2) is 0 Å². The molecule has 2 amide bonds. The molecule has 0 spiro atoms. The summed E-state index contributed by atoms with van der Waals surface area (Å²) in [7, 11) is 0. The van der Waals surface area contributed by atoms with Crippen molar-refractivity contribution >= 4 is 18.2 Å². The van der Waals surface area contributed by atoms with E-state index in [9.17, 15) is 14.4 Å². The van der Waals surface area contributed by atoms with E-state index in [0.717, 1.165) is 0 Å². The highest BCUT2D eigenvalue weighted by Gasteiger charge is 2.72. The number of fused-ring (bicyclic) bond motifs is 5. The molecule has 1 saturated heterocycles. The third kappa shape index (κ3) is 5.38. The second-order valence-electron chi connectivity index (χ2n) is 12.0. The van der Waals surface area contributed by atoms with E-state index in [1.807, 2.05) is 32.9 Å². The average Bonchev–Trinajstić information content (AvgIpc) is 2.97. The summed E-state index contributed by atoms with van der Waals surface area (Å²) in [6.45, 7) is 16.4. The Bertz CT molecular complexity index is 755. The lowest BCUT2D eigenvalue weighted by atomic mass is 10.1. The minimum Gasteiger partial charge on any atom is -0.460 e. The fourth-order valence-corrected chi connectivity index (χ4v) is 4.84. The van der Waals surface area contributed by atoms with Crippen LogP contribution in [0.2, 0.25) is 0 Å². The number of carbonyl (C=O) groups is 3. The zero-order chi connectivity index (χ0) is 24.2. The summed E-state index contributed by atoms with van der Waals surface area (Å²) in [6.07, 6.45) is 3.73. The molecular weight excluding hydrogens is 412 g/mol. The van der Waals surface area contributed by atoms with Gasteiger partial charge in [0.25, 0.3) is 0 Å². The minimum atomic E-state index is -0.672. The van der Waals surface area contributed by atoms with E-state index >= 15 is 0 Å². The molecule has 0 aromatic heterocycles. The lowest BCUT2D eigenvalue weighted by Gasteiger charge is -2.38. The third-order valence-electron chi connectivity index (χ3n) is 5.65. The van der Waals surface area contributed by atoms with Gasteiger partial charge in [-0.1, -0.05) is 12.2 Å². The van der Waals surface area contributed by atoms with Gasteiger partial charge in [-0.2, -0.15) is 0 Å². The molecular formula is C24H38N2O6. The Hall–Kier alpha value is -2.25. The first-order chi connectivity index (χ1) is 14.5. The Morgan fingerprint density at radius 3 is 1.53 bits per heavy atom. The van der Waals surface area contributed by atoms with Crippen molar-refractivity contribution in [2.45, 2.75) is 104 Å². The van der Waals surface area contributed by atoms with E-state index in [1.165, 1.54) is 10.0 Å². The fraction of sp³-hybridized carbons (Fsp3) is 0.792. The van der Waals surface area contributed by atoms with E-state index in [4.69, 9.17) is 14.2 Å². The van der Waals surface area contributed by atoms with Crippen molar-refractivity contribution in [2.24, 2.45) is 17.8 Å². The second-order valence-corrected chi connectivity index (χ2v) is 12.0. The highest BCUT2D eigenvalue weighted by molar-refractivity contribution is 5.77. The van der Waals surface area contributed by atoms with E-state index in [1.54, 1.807) is 41.5 Å². The number of allylic oxidation sites excluding steroid dienone is 1. The zero-order valence-electron chi connectivity index (χ0n) is 20.8. The Morgan fingerprint density at radius 1 is 0.750 bits per heavy atom. The molecule has 0 radical (unpaired) electrons. The Balaban J connectivity index is 1.73. The molecule has 0 aromatic carbocycles. The maximum Gasteiger partial charge on any atom is 0.429 e. The van der Waals surface area contributed by atoms with Gasteiger partial charge in [0.05, 0.1) is 18.5 Å². The van der Waals surface area contributed by atoms with E-state index in [0.29, 0.717) is 6.42 Å². The summed E-state index contributed by atoms with van der Waals surface area (Å²) in [6, 6.07) is -0.243. The smallest absolute Gasteiger partial charge is 0.429 e. The molecule has 1 aliphatic heterocycles. The molecule has 3 fully saturated rings. The minimum absolute atomic E-state index is 0.122. The van der Waals surface area contributed by atoms with Crippen LogP contribution in [0, 0.1) is 17.8 Å². The van der Waals surface area contributed by atoms with Gasteiger partial charge >= 0.3 is 18.2 Å². The van der Waals surface area contributed by atoms with Crippen LogP contribution < -0.4 is 0 Å². The first kappa shape index (κ1) is 24.4. The number of rotatable bonds is 3. The van der Waals surface area contributed by atoms with Crippen LogP contribution in [-0.4, -0.2) is 57.1 Å². The lowest BCUT2D eigenvalue weighted by Crippen LogP contribution is -2.56. The van der Waals surface area contributed by atoms with Crippen molar-refractivity contribution in [3.05, 3.63) is 12.2 Å². The maximum absolute atomic E-state index is 13.0. The summed E-state index contributed by atoms with van der Waals surface area (Å²) in [5.74, 6) is 0.439. The van der Waals surface area contributed by atoms with E-state index < -0.39 is 29.0 Å². The molecule has 8 heteroatoms. The Labute approximate surface area is 191 Å². The van der Waals surface area contributed by atoms with Crippen LogP contribution >= 0.6 is 0 Å². The molecule has 2 aliphatic carbocycles. The first-order valence-electron chi connectivity index (χ1n) is 11.4. The monoisotopic (exact) mass is 450 g/mol. The van der Waals surface area contributed by atoms with Crippen molar-refractivity contribution in [2.75, 3.05) is 0 Å². The molecule has 180 valence electrons. The molecule has 3 aliphatic rings. The number of hydrogen-bond donors (Lipinski definition) is 0. The van der Waals surface area contributed by atoms with E-state index in [2.05, 4.69) is 0 Å². The first-order valence-corrected chi connectivity index (χ1v) is 11.4. The van der Waals surface area contributed by atoms with Crippen LogP contribution in [0.4, 0.5) is 9.59 Å². The molecule has 5 atom stereocenters. The van der Waals surface area contributed by atoms with Gasteiger partial charge in [-0.05, 0) is 86.5 Å². The Kier molecular flexibility index (Phi) is 6.07. The zero-order valence-corrected chi connectivity index (χ0v) is 20.8. The van der Waals surface area contributed by atoms with Gasteiger partial charge in [-0.15, -0.1) is 0 Å². The van der Waals surface area contributed by atoms with Crippen LogP contribution in [0.3, 0.4) is 0 Å². The number of hydrogen-bond acceptors (Lipinski definition) is 6. The van der Waals surface area contributed by atoms with Gasteiger partial charge in [-0.3, -0.25) is 4.79 Å². The normalized spacial score (nSPS) is 29.2. The number of ether oxygens (including phenoxy) is 3. The predicted octanol–water partition coefficient (Wildman–Crippen LogP) is 4.68. The highest BCUT2D eigenvalue weighted by atomic mass is 16.6. The molecule has 1 unspecified atom stereocenters. The molecule has 0 N–H and O–H groups in total. The SMILES string of the molecule is CC(C)(C)OC(=O)C/C=C\C1[C@@H]2[C@H]1[C@@H]1C[C@H]2N(C(=O)OC(C)(C)C)N1C(=O)OC(C)(C)C. The van der Waals surface area contributed by atoms with Gasteiger partial charge in [0.1, 0.15) is 16.8 Å². The number of esters is 1. The highest BCUT2D eigenvalue weighted by Crippen LogP contribution is 2.65. The van der Waals surface area contributed by atoms with Crippen molar-refractivity contribution in [1.82, 2.24) is 10.0 Å². The fourth-order valence-electron chi connectivity index (χ4n) is 4.84. The average molecular weight is 451 g/mol. The topological polar surface area (TPSA) is 85.4 Å². The number of nitrogens with zero attached hydrogens (tertiary/aromatic N) is 2. The summed E-state index contributed by atoms with van der Waals surface area (Å²) in [5.41, 5.74) is -1.86. The molecule has 32 heavy (non-hydrogen) atoms. The third-order valence-corrected chi connectivity index (χ3v) is 5.65. The predicted molar refractivity (Wildman–Crippen MR) is 118 cm³/mol. The molecule has 0 aromatic rings. The van der Waals surface area contributed by atoms with Gasteiger partial charge in [-0.25, -0.2) is 19.6 Å². The largest absolute Gasteiger partial charge is 0.460 e. The summed E-state index contributed by atoms with van der Waals surface area (Å²) in [5, 5.41) is 2.93. The van der Waals surface area contributed by atoms with Crippen molar-refractivity contribution in [1.29, 1.82) is 0 Å². The summed E-state index contributed by atoms with van der Waals surface area (Å²) >= 11 is 0. The number of amides is 2. The molecule has 3 rings (SSSR count). The van der Waals surface area contributed by atoms with Crippen molar-refractivity contribution in [3.63, 3.8) is 0 Å². The van der Waals surface area contributed by atoms with Crippen LogP contribution in [0.25, 0.3) is 0 Å². The Morgan fingerprint density at radius 2 is 1.16 bits per heavy atom. The van der Waals surface area contributed by atoms with Gasteiger partial charge in [0.2, 0.25) is 0 Å². The quantitative estimate of drug-likeness (QED) is 0.353. The second kappa shape index (κ2) is 7.96. The molecule has 1 heterocycles. The van der Waals surface area contributed by atoms with Crippen LogP contribution in [0.15, 0.2) is 12.2 Å². The summed E-state index contributed by atoms with van der Waals surface area (Å²) in [4.78, 5) is 38.0. The van der Waals surface area contributed by atoms with Crippen LogP contribution in [0.5, 0.6) is 0 Å². The molecule has 2 saturated carbocycles. The van der Waals surface area contributed by atoms with E-state index in [-0.39, 0.29) is 42.2 Å². The van der Waals surface area contributed by atoms with Crippen LogP contribution in [0.1, 0.15) is 75.2 Å². The van der Waals surface area contributed by atoms with Gasteiger partial charge < -0.3 is 14.2 Å². The van der Waals surface area contributed by atoms with Gasteiger partial charge in [0, 0.05) is 0 Å². The number of hydrazine groups is 1. The van der Waals surface area contributed by atoms with Crippen LogP contribution in [-0.2, 0) is 19.0 Å². The standard InChI is InChI=1S/C24H38N2O6/c1-22(2,3)30-17(27)12-10-11-14-18-15-13-16(19(14)18)26(21(29)32-24(7,8)9)25(15)20(28)31-23(4,5)6/h10-11,14-16,18-19H,12-13H2,1-9H3/b11-10-/t14?,15-,16+,18+,19-. The molecule has 8 nitrogen and oxygen atoms in total. The number of carbonyl (C=O) groups excluding carboxylic acids is 3. The lowest BCUT2D eigenvalue weighted by molar-refractivity contribution is -0.153.